The average molecular weight is 248 g/mol. The summed E-state index contributed by atoms with van der Waals surface area (Å²) in [7, 11) is 0. The minimum absolute atomic E-state index is 0.812. The first-order chi connectivity index (χ1) is 9.33. The first kappa shape index (κ1) is 11.7. The summed E-state index contributed by atoms with van der Waals surface area (Å²) in [5.74, 6) is 0. The number of nitrogens with zero attached hydrogens (tertiary/aromatic N) is 2. The number of hydrogen-bond acceptors (Lipinski definition) is 1. The van der Waals surface area contributed by atoms with E-state index in [-0.39, 0.29) is 0 Å². The molecular formula is C17H16N2. The molecule has 0 amide bonds. The second-order valence-corrected chi connectivity index (χ2v) is 4.70. The van der Waals surface area contributed by atoms with Crippen LogP contribution in [-0.4, -0.2) is 9.78 Å². The van der Waals surface area contributed by atoms with Crippen LogP contribution in [-0.2, 0) is 6.54 Å². The summed E-state index contributed by atoms with van der Waals surface area (Å²) < 4.78 is 1.98. The maximum Gasteiger partial charge on any atom is 0.0925 e. The maximum absolute atomic E-state index is 4.65. The van der Waals surface area contributed by atoms with Crippen LogP contribution in [0.15, 0.2) is 66.9 Å². The molecule has 2 nitrogen and oxygen atoms in total. The summed E-state index contributed by atoms with van der Waals surface area (Å²) >= 11 is 0. The van der Waals surface area contributed by atoms with Crippen LogP contribution in [0.3, 0.4) is 0 Å². The number of benzene rings is 2. The van der Waals surface area contributed by atoms with Crippen molar-refractivity contribution >= 4 is 0 Å². The zero-order valence-corrected chi connectivity index (χ0v) is 11.0. The van der Waals surface area contributed by atoms with Gasteiger partial charge in [-0.1, -0.05) is 54.6 Å². The Morgan fingerprint density at radius 2 is 1.63 bits per heavy atom. The highest BCUT2D eigenvalue weighted by Crippen LogP contribution is 2.20. The van der Waals surface area contributed by atoms with E-state index in [1.54, 1.807) is 0 Å². The standard InChI is InChI=1S/C17H16N2/c1-14-7-5-6-10-16(14)17-11-12-19(18-17)13-15-8-3-2-4-9-15/h2-12H,13H2,1H3. The second-order valence-electron chi connectivity index (χ2n) is 4.70. The number of aryl methyl sites for hydroxylation is 1. The van der Waals surface area contributed by atoms with Gasteiger partial charge >= 0.3 is 0 Å². The zero-order chi connectivity index (χ0) is 13.1. The number of hydrogen-bond donors (Lipinski definition) is 0. The first-order valence-electron chi connectivity index (χ1n) is 6.46. The van der Waals surface area contributed by atoms with E-state index in [4.69, 9.17) is 0 Å². The molecule has 94 valence electrons. The van der Waals surface area contributed by atoms with Crippen LogP contribution in [0.1, 0.15) is 11.1 Å². The van der Waals surface area contributed by atoms with Crippen LogP contribution in [0.25, 0.3) is 11.3 Å². The van der Waals surface area contributed by atoms with Gasteiger partial charge in [0, 0.05) is 11.8 Å². The molecule has 0 atom stereocenters. The number of aromatic nitrogens is 2. The van der Waals surface area contributed by atoms with E-state index < -0.39 is 0 Å². The fraction of sp³-hybridized carbons (Fsp3) is 0.118. The summed E-state index contributed by atoms with van der Waals surface area (Å²) in [6, 6.07) is 20.8. The largest absolute Gasteiger partial charge is 0.268 e. The van der Waals surface area contributed by atoms with Crippen molar-refractivity contribution in [2.24, 2.45) is 0 Å². The Bertz CT molecular complexity index is 668. The molecule has 0 bridgehead atoms. The summed E-state index contributed by atoms with van der Waals surface area (Å²) in [6.45, 7) is 2.93. The molecule has 0 fully saturated rings. The number of rotatable bonds is 3. The Morgan fingerprint density at radius 1 is 0.895 bits per heavy atom. The molecule has 1 heterocycles. The van der Waals surface area contributed by atoms with Crippen molar-refractivity contribution < 1.29 is 0 Å². The first-order valence-corrected chi connectivity index (χ1v) is 6.46. The summed E-state index contributed by atoms with van der Waals surface area (Å²) in [4.78, 5) is 0. The minimum Gasteiger partial charge on any atom is -0.268 e. The monoisotopic (exact) mass is 248 g/mol. The van der Waals surface area contributed by atoms with Gasteiger partial charge in [0.1, 0.15) is 0 Å². The van der Waals surface area contributed by atoms with E-state index in [1.165, 1.54) is 16.7 Å². The average Bonchev–Trinajstić information content (AvgIpc) is 2.89. The Hall–Kier alpha value is -2.35. The van der Waals surface area contributed by atoms with Crippen molar-refractivity contribution in [2.45, 2.75) is 13.5 Å². The van der Waals surface area contributed by atoms with Gasteiger partial charge in [0.25, 0.3) is 0 Å². The molecule has 0 aliphatic carbocycles. The Balaban J connectivity index is 1.86. The summed E-state index contributed by atoms with van der Waals surface area (Å²) in [5, 5.41) is 4.65. The van der Waals surface area contributed by atoms with Gasteiger partial charge in [-0.15, -0.1) is 0 Å². The Morgan fingerprint density at radius 3 is 2.42 bits per heavy atom. The normalized spacial score (nSPS) is 10.6. The predicted octanol–water partition coefficient (Wildman–Crippen LogP) is 3.91. The molecule has 0 radical (unpaired) electrons. The molecule has 0 unspecified atom stereocenters. The summed E-state index contributed by atoms with van der Waals surface area (Å²) in [5.41, 5.74) is 4.76. The molecule has 0 saturated heterocycles. The van der Waals surface area contributed by atoms with Crippen molar-refractivity contribution in [2.75, 3.05) is 0 Å². The van der Waals surface area contributed by atoms with Gasteiger partial charge in [-0.2, -0.15) is 5.10 Å². The lowest BCUT2D eigenvalue weighted by Crippen LogP contribution is -2.00. The van der Waals surface area contributed by atoms with E-state index in [0.29, 0.717) is 0 Å². The van der Waals surface area contributed by atoms with Crippen LogP contribution in [0.4, 0.5) is 0 Å². The molecule has 2 heteroatoms. The third kappa shape index (κ3) is 2.58. The maximum atomic E-state index is 4.65. The Labute approximate surface area is 113 Å². The van der Waals surface area contributed by atoms with Gasteiger partial charge in [-0.05, 0) is 24.1 Å². The van der Waals surface area contributed by atoms with E-state index in [0.717, 1.165) is 12.2 Å². The van der Waals surface area contributed by atoms with Gasteiger partial charge in [-0.25, -0.2) is 0 Å². The lowest BCUT2D eigenvalue weighted by atomic mass is 10.1. The molecule has 0 saturated carbocycles. The third-order valence-corrected chi connectivity index (χ3v) is 3.25. The topological polar surface area (TPSA) is 17.8 Å². The van der Waals surface area contributed by atoms with E-state index in [9.17, 15) is 0 Å². The molecule has 0 N–H and O–H groups in total. The predicted molar refractivity (Wildman–Crippen MR) is 77.9 cm³/mol. The SMILES string of the molecule is Cc1ccccc1-c1ccn(Cc2ccccc2)n1. The molecular weight excluding hydrogens is 232 g/mol. The smallest absolute Gasteiger partial charge is 0.0925 e. The van der Waals surface area contributed by atoms with Gasteiger partial charge in [0.05, 0.1) is 12.2 Å². The zero-order valence-electron chi connectivity index (χ0n) is 11.0. The second kappa shape index (κ2) is 5.11. The van der Waals surface area contributed by atoms with Gasteiger partial charge in [-0.3, -0.25) is 4.68 Å². The van der Waals surface area contributed by atoms with Crippen molar-refractivity contribution in [1.29, 1.82) is 0 Å². The summed E-state index contributed by atoms with van der Waals surface area (Å²) in [6.07, 6.45) is 2.04. The third-order valence-electron chi connectivity index (χ3n) is 3.25. The molecule has 0 spiro atoms. The van der Waals surface area contributed by atoms with Crippen LogP contribution >= 0.6 is 0 Å². The highest BCUT2D eigenvalue weighted by molar-refractivity contribution is 5.62. The molecule has 1 aromatic heterocycles. The molecule has 0 aliphatic rings. The Kier molecular flexibility index (Phi) is 3.15. The van der Waals surface area contributed by atoms with Gasteiger partial charge < -0.3 is 0 Å². The van der Waals surface area contributed by atoms with Crippen LogP contribution in [0.2, 0.25) is 0 Å². The van der Waals surface area contributed by atoms with Gasteiger partial charge in [0.2, 0.25) is 0 Å². The van der Waals surface area contributed by atoms with Crippen molar-refractivity contribution in [3.63, 3.8) is 0 Å². The van der Waals surface area contributed by atoms with E-state index >= 15 is 0 Å². The lowest BCUT2D eigenvalue weighted by molar-refractivity contribution is 0.689. The van der Waals surface area contributed by atoms with Crippen molar-refractivity contribution in [3.8, 4) is 11.3 Å². The molecule has 3 aromatic rings. The van der Waals surface area contributed by atoms with Crippen LogP contribution < -0.4 is 0 Å². The van der Waals surface area contributed by atoms with Gasteiger partial charge in [0.15, 0.2) is 0 Å². The molecule has 3 rings (SSSR count). The molecule has 0 aliphatic heterocycles. The minimum atomic E-state index is 0.812. The van der Waals surface area contributed by atoms with E-state index in [2.05, 4.69) is 66.6 Å². The van der Waals surface area contributed by atoms with Crippen molar-refractivity contribution in [3.05, 3.63) is 78.0 Å². The quantitative estimate of drug-likeness (QED) is 0.687. The van der Waals surface area contributed by atoms with Crippen LogP contribution in [0.5, 0.6) is 0 Å². The highest BCUT2D eigenvalue weighted by atomic mass is 15.3. The molecule has 2 aromatic carbocycles. The van der Waals surface area contributed by atoms with Crippen molar-refractivity contribution in [1.82, 2.24) is 9.78 Å². The fourth-order valence-electron chi connectivity index (χ4n) is 2.22. The lowest BCUT2D eigenvalue weighted by Gasteiger charge is -2.03. The highest BCUT2D eigenvalue weighted by Gasteiger charge is 2.04. The van der Waals surface area contributed by atoms with Crippen LogP contribution in [0, 0.1) is 6.92 Å². The molecule has 19 heavy (non-hydrogen) atoms. The fourth-order valence-corrected chi connectivity index (χ4v) is 2.22. The van der Waals surface area contributed by atoms with E-state index in [1.807, 2.05) is 16.9 Å².